The Hall–Kier alpha value is -1.10. The van der Waals surface area contributed by atoms with Crippen LogP contribution in [0.1, 0.15) is 26.2 Å². The van der Waals surface area contributed by atoms with E-state index in [9.17, 15) is 9.59 Å². The van der Waals surface area contributed by atoms with Crippen molar-refractivity contribution < 1.29 is 9.59 Å². The van der Waals surface area contributed by atoms with Gasteiger partial charge in [-0.2, -0.15) is 0 Å². The molecule has 5 heteroatoms. The Morgan fingerprint density at radius 1 is 1.28 bits per heavy atom. The topological polar surface area (TPSA) is 52.7 Å². The van der Waals surface area contributed by atoms with Gasteiger partial charge in [-0.1, -0.05) is 0 Å². The molecule has 5 nitrogen and oxygen atoms in total. The fourth-order valence-corrected chi connectivity index (χ4v) is 2.29. The number of hydrogen-bond acceptors (Lipinski definition) is 3. The summed E-state index contributed by atoms with van der Waals surface area (Å²) in [6.07, 6.45) is 3.32. The maximum absolute atomic E-state index is 12.2. The minimum absolute atomic E-state index is 0.314. The van der Waals surface area contributed by atoms with Crippen LogP contribution in [0.25, 0.3) is 0 Å². The zero-order chi connectivity index (χ0) is 13.0. The van der Waals surface area contributed by atoms with Crippen molar-refractivity contribution in [3.05, 3.63) is 0 Å². The molecule has 0 radical (unpaired) electrons. The van der Waals surface area contributed by atoms with E-state index in [2.05, 4.69) is 5.32 Å². The summed E-state index contributed by atoms with van der Waals surface area (Å²) in [6, 6.07) is 0. The Balaban J connectivity index is 1.90. The molecule has 1 heterocycles. The van der Waals surface area contributed by atoms with Gasteiger partial charge in [0.25, 0.3) is 0 Å². The summed E-state index contributed by atoms with van der Waals surface area (Å²) in [5.74, 6) is 0.000000262. The predicted molar refractivity (Wildman–Crippen MR) is 69.0 cm³/mol. The summed E-state index contributed by atoms with van der Waals surface area (Å²) in [4.78, 5) is 27.7. The Morgan fingerprint density at radius 2 is 2.06 bits per heavy atom. The molecule has 0 aromatic rings. The van der Waals surface area contributed by atoms with Crippen LogP contribution in [0.4, 0.5) is 0 Å². The first-order chi connectivity index (χ1) is 8.72. The van der Waals surface area contributed by atoms with Crippen molar-refractivity contribution in [1.82, 2.24) is 15.1 Å². The monoisotopic (exact) mass is 253 g/mol. The molecule has 1 N–H and O–H groups in total. The molecule has 0 spiro atoms. The van der Waals surface area contributed by atoms with E-state index in [-0.39, 0.29) is 11.8 Å². The first-order valence-electron chi connectivity index (χ1n) is 7.01. The zero-order valence-electron chi connectivity index (χ0n) is 11.2. The van der Waals surface area contributed by atoms with Gasteiger partial charge in [-0.05, 0) is 38.6 Å². The number of rotatable bonds is 3. The number of hydrogen-bond donors (Lipinski definition) is 1. The molecule has 0 aromatic heterocycles. The van der Waals surface area contributed by atoms with Crippen LogP contribution in [0.3, 0.4) is 0 Å². The van der Waals surface area contributed by atoms with Crippen LogP contribution in [0.15, 0.2) is 0 Å². The Kier molecular flexibility index (Phi) is 4.58. The number of carbonyl (C=O) groups is 2. The summed E-state index contributed by atoms with van der Waals surface area (Å²) >= 11 is 0. The molecule has 2 aliphatic rings. The second-order valence-electron chi connectivity index (χ2n) is 5.18. The van der Waals surface area contributed by atoms with E-state index in [1.807, 2.05) is 6.92 Å². The third-order valence-corrected chi connectivity index (χ3v) is 3.65. The lowest BCUT2D eigenvalue weighted by Gasteiger charge is -2.25. The number of amides is 2. The average Bonchev–Trinajstić information content (AvgIpc) is 3.20. The van der Waals surface area contributed by atoms with Gasteiger partial charge in [-0.15, -0.1) is 0 Å². The summed E-state index contributed by atoms with van der Waals surface area (Å²) in [5.41, 5.74) is 0. The molecule has 0 aromatic carbocycles. The van der Waals surface area contributed by atoms with Gasteiger partial charge in [0.15, 0.2) is 0 Å². The van der Waals surface area contributed by atoms with Crippen molar-refractivity contribution in [2.75, 3.05) is 39.3 Å². The van der Waals surface area contributed by atoms with E-state index in [1.54, 1.807) is 9.80 Å². The summed E-state index contributed by atoms with van der Waals surface area (Å²) < 4.78 is 0. The van der Waals surface area contributed by atoms with Crippen molar-refractivity contribution in [2.45, 2.75) is 26.2 Å². The highest BCUT2D eigenvalue weighted by atomic mass is 16.2. The minimum Gasteiger partial charge on any atom is -0.334 e. The van der Waals surface area contributed by atoms with Crippen molar-refractivity contribution in [1.29, 1.82) is 0 Å². The maximum atomic E-state index is 12.2. The van der Waals surface area contributed by atoms with Crippen LogP contribution in [-0.2, 0) is 9.59 Å². The predicted octanol–water partition coefficient (Wildman–Crippen LogP) is 0.0668. The Morgan fingerprint density at radius 3 is 2.72 bits per heavy atom. The molecular weight excluding hydrogens is 230 g/mol. The SMILES string of the molecule is CCN(CC1CC1)C(=O)C(=O)N1CCCNCC1. The molecular formula is C13H23N3O2. The maximum Gasteiger partial charge on any atom is 0.312 e. The number of carbonyl (C=O) groups excluding carboxylic acids is 2. The third kappa shape index (κ3) is 3.45. The van der Waals surface area contributed by atoms with Crippen molar-refractivity contribution in [3.8, 4) is 0 Å². The first-order valence-corrected chi connectivity index (χ1v) is 7.01. The van der Waals surface area contributed by atoms with E-state index in [0.717, 1.165) is 26.1 Å². The fourth-order valence-electron chi connectivity index (χ4n) is 2.29. The van der Waals surface area contributed by atoms with E-state index >= 15 is 0 Å². The van der Waals surface area contributed by atoms with Crippen LogP contribution in [0.5, 0.6) is 0 Å². The lowest BCUT2D eigenvalue weighted by molar-refractivity contribution is -0.151. The van der Waals surface area contributed by atoms with Crippen LogP contribution in [-0.4, -0.2) is 60.9 Å². The highest BCUT2D eigenvalue weighted by Crippen LogP contribution is 2.29. The second-order valence-corrected chi connectivity index (χ2v) is 5.18. The molecule has 2 amide bonds. The number of nitrogens with one attached hydrogen (secondary N) is 1. The smallest absolute Gasteiger partial charge is 0.312 e. The standard InChI is InChI=1S/C13H23N3O2/c1-2-15(10-11-4-5-11)12(17)13(18)16-8-3-6-14-7-9-16/h11,14H,2-10H2,1H3. The van der Waals surface area contributed by atoms with Gasteiger partial charge in [-0.25, -0.2) is 0 Å². The third-order valence-electron chi connectivity index (χ3n) is 3.65. The van der Waals surface area contributed by atoms with E-state index in [0.29, 0.717) is 25.6 Å². The average molecular weight is 253 g/mol. The normalized spacial score (nSPS) is 20.4. The lowest BCUT2D eigenvalue weighted by Crippen LogP contribution is -2.46. The van der Waals surface area contributed by atoms with E-state index < -0.39 is 0 Å². The van der Waals surface area contributed by atoms with Crippen molar-refractivity contribution in [3.63, 3.8) is 0 Å². The van der Waals surface area contributed by atoms with Gasteiger partial charge in [0.1, 0.15) is 0 Å². The van der Waals surface area contributed by atoms with E-state index in [1.165, 1.54) is 12.8 Å². The fraction of sp³-hybridized carbons (Fsp3) is 0.846. The minimum atomic E-state index is -0.318. The summed E-state index contributed by atoms with van der Waals surface area (Å²) in [7, 11) is 0. The molecule has 1 saturated heterocycles. The van der Waals surface area contributed by atoms with Gasteiger partial charge >= 0.3 is 11.8 Å². The Bertz CT molecular complexity index is 295. The largest absolute Gasteiger partial charge is 0.334 e. The van der Waals surface area contributed by atoms with Crippen LogP contribution < -0.4 is 5.32 Å². The molecule has 18 heavy (non-hydrogen) atoms. The Labute approximate surface area is 108 Å². The highest BCUT2D eigenvalue weighted by Gasteiger charge is 2.31. The van der Waals surface area contributed by atoms with Crippen molar-refractivity contribution in [2.24, 2.45) is 5.92 Å². The van der Waals surface area contributed by atoms with Gasteiger partial charge in [0, 0.05) is 32.7 Å². The van der Waals surface area contributed by atoms with Gasteiger partial charge in [0.05, 0.1) is 0 Å². The molecule has 0 bridgehead atoms. The molecule has 1 aliphatic heterocycles. The molecule has 2 fully saturated rings. The van der Waals surface area contributed by atoms with Crippen LogP contribution >= 0.6 is 0 Å². The molecule has 2 rings (SSSR count). The van der Waals surface area contributed by atoms with Gasteiger partial charge in [-0.3, -0.25) is 9.59 Å². The van der Waals surface area contributed by atoms with Crippen molar-refractivity contribution >= 4 is 11.8 Å². The molecule has 0 unspecified atom stereocenters. The molecule has 1 aliphatic carbocycles. The number of nitrogens with zero attached hydrogens (tertiary/aromatic N) is 2. The second kappa shape index (κ2) is 6.18. The molecule has 102 valence electrons. The van der Waals surface area contributed by atoms with E-state index in [4.69, 9.17) is 0 Å². The van der Waals surface area contributed by atoms with Gasteiger partial charge in [0.2, 0.25) is 0 Å². The lowest BCUT2D eigenvalue weighted by atomic mass is 10.3. The summed E-state index contributed by atoms with van der Waals surface area (Å²) in [6.45, 7) is 6.38. The van der Waals surface area contributed by atoms with Gasteiger partial charge < -0.3 is 15.1 Å². The molecule has 1 saturated carbocycles. The molecule has 0 atom stereocenters. The van der Waals surface area contributed by atoms with Crippen LogP contribution in [0, 0.1) is 5.92 Å². The zero-order valence-corrected chi connectivity index (χ0v) is 11.2. The first kappa shape index (κ1) is 13.3. The quantitative estimate of drug-likeness (QED) is 0.724. The van der Waals surface area contributed by atoms with Crippen LogP contribution in [0.2, 0.25) is 0 Å². The number of likely N-dealkylation sites (N-methyl/N-ethyl adjacent to an activating group) is 1. The summed E-state index contributed by atoms with van der Waals surface area (Å²) in [5, 5.41) is 3.24. The highest BCUT2D eigenvalue weighted by molar-refractivity contribution is 6.34.